The van der Waals surface area contributed by atoms with Crippen molar-refractivity contribution in [1.82, 2.24) is 15.6 Å². The van der Waals surface area contributed by atoms with E-state index in [1.165, 1.54) is 11.3 Å². The fraction of sp³-hybridized carbons (Fsp3) is 0.375. The van der Waals surface area contributed by atoms with Crippen LogP contribution in [-0.4, -0.2) is 37.1 Å². The number of ether oxygens (including phenoxy) is 1. The number of aromatic nitrogens is 1. The molecule has 1 atom stereocenters. The predicted molar refractivity (Wildman–Crippen MR) is 87.5 cm³/mol. The van der Waals surface area contributed by atoms with E-state index in [1.54, 1.807) is 13.3 Å². The number of nitrogens with zero attached hydrogens (tertiary/aromatic N) is 1. The quantitative estimate of drug-likeness (QED) is 0.908. The van der Waals surface area contributed by atoms with Gasteiger partial charge in [-0.15, -0.1) is 11.3 Å². The van der Waals surface area contributed by atoms with E-state index in [0.717, 1.165) is 42.3 Å². The Balaban J connectivity index is 1.68. The maximum Gasteiger partial charge on any atom is 0.263 e. The first-order chi connectivity index (χ1) is 10.8. The summed E-state index contributed by atoms with van der Waals surface area (Å²) in [5, 5.41) is 7.20. The van der Waals surface area contributed by atoms with Gasteiger partial charge in [-0.05, 0) is 43.7 Å². The Morgan fingerprint density at radius 1 is 1.41 bits per heavy atom. The van der Waals surface area contributed by atoms with Crippen molar-refractivity contribution in [2.45, 2.75) is 18.9 Å². The number of methoxy groups -OCH3 is 1. The highest BCUT2D eigenvalue weighted by Crippen LogP contribution is 2.26. The molecule has 3 rings (SSSR count). The summed E-state index contributed by atoms with van der Waals surface area (Å²) < 4.78 is 5.15. The lowest BCUT2D eigenvalue weighted by molar-refractivity contribution is 0.0934. The molecule has 0 radical (unpaired) electrons. The van der Waals surface area contributed by atoms with Gasteiger partial charge < -0.3 is 15.4 Å². The Morgan fingerprint density at radius 3 is 2.91 bits per heavy atom. The number of thiazole rings is 1. The van der Waals surface area contributed by atoms with E-state index in [4.69, 9.17) is 4.74 Å². The van der Waals surface area contributed by atoms with Crippen LogP contribution in [0.5, 0.6) is 5.75 Å². The standard InChI is InChI=1S/C16H19N3O2S/c1-21-13-6-4-11(5-7-13)16-18-10-14(22-16)15(20)19-12-3-2-8-17-9-12/h4-7,10,12,17H,2-3,8-9H2,1H3,(H,19,20)/t12-/m0/s1. The van der Waals surface area contributed by atoms with Gasteiger partial charge in [-0.1, -0.05) is 0 Å². The van der Waals surface area contributed by atoms with Gasteiger partial charge in [0.2, 0.25) is 0 Å². The molecule has 1 amide bonds. The van der Waals surface area contributed by atoms with E-state index in [9.17, 15) is 4.79 Å². The van der Waals surface area contributed by atoms with Crippen LogP contribution in [0.15, 0.2) is 30.5 Å². The number of nitrogens with one attached hydrogen (secondary N) is 2. The second-order valence-electron chi connectivity index (χ2n) is 5.27. The smallest absolute Gasteiger partial charge is 0.263 e. The van der Waals surface area contributed by atoms with Crippen molar-refractivity contribution in [3.8, 4) is 16.3 Å². The van der Waals surface area contributed by atoms with E-state index in [0.29, 0.717) is 4.88 Å². The summed E-state index contributed by atoms with van der Waals surface area (Å²) in [6.07, 6.45) is 3.78. The average Bonchev–Trinajstić information content (AvgIpc) is 3.06. The number of amides is 1. The van der Waals surface area contributed by atoms with Crippen LogP contribution in [0.2, 0.25) is 0 Å². The van der Waals surface area contributed by atoms with Crippen LogP contribution in [-0.2, 0) is 0 Å². The minimum absolute atomic E-state index is 0.0361. The molecule has 6 heteroatoms. The van der Waals surface area contributed by atoms with Crippen LogP contribution in [0.3, 0.4) is 0 Å². The third kappa shape index (κ3) is 3.45. The number of rotatable bonds is 4. The van der Waals surface area contributed by atoms with Crippen molar-refractivity contribution in [3.05, 3.63) is 35.3 Å². The van der Waals surface area contributed by atoms with Gasteiger partial charge in [0.1, 0.15) is 15.6 Å². The molecule has 116 valence electrons. The SMILES string of the molecule is COc1ccc(-c2ncc(C(=O)N[C@H]3CCCNC3)s2)cc1. The second kappa shape index (κ2) is 6.89. The van der Waals surface area contributed by atoms with E-state index in [1.807, 2.05) is 24.3 Å². The molecule has 0 saturated carbocycles. The zero-order valence-electron chi connectivity index (χ0n) is 12.5. The zero-order chi connectivity index (χ0) is 15.4. The maximum absolute atomic E-state index is 12.3. The Labute approximate surface area is 133 Å². The molecular weight excluding hydrogens is 298 g/mol. The molecule has 0 unspecified atom stereocenters. The van der Waals surface area contributed by atoms with Crippen LogP contribution in [0, 0.1) is 0 Å². The fourth-order valence-corrected chi connectivity index (χ4v) is 3.30. The molecule has 0 bridgehead atoms. The molecule has 1 aromatic heterocycles. The lowest BCUT2D eigenvalue weighted by Gasteiger charge is -2.23. The van der Waals surface area contributed by atoms with Crippen LogP contribution in [0.1, 0.15) is 22.5 Å². The van der Waals surface area contributed by atoms with Gasteiger partial charge in [0, 0.05) is 18.2 Å². The Morgan fingerprint density at radius 2 is 2.23 bits per heavy atom. The lowest BCUT2D eigenvalue weighted by Crippen LogP contribution is -2.45. The Bertz CT molecular complexity index is 633. The van der Waals surface area contributed by atoms with Gasteiger partial charge in [0.05, 0.1) is 13.3 Å². The minimum atomic E-state index is -0.0361. The first-order valence-electron chi connectivity index (χ1n) is 7.38. The largest absolute Gasteiger partial charge is 0.497 e. The number of hydrogen-bond acceptors (Lipinski definition) is 5. The van der Waals surface area contributed by atoms with Crippen LogP contribution in [0.4, 0.5) is 0 Å². The highest BCUT2D eigenvalue weighted by Gasteiger charge is 2.18. The van der Waals surface area contributed by atoms with Gasteiger partial charge in [-0.3, -0.25) is 4.79 Å². The van der Waals surface area contributed by atoms with E-state index >= 15 is 0 Å². The summed E-state index contributed by atoms with van der Waals surface area (Å²) in [4.78, 5) is 17.3. The first-order valence-corrected chi connectivity index (χ1v) is 8.20. The topological polar surface area (TPSA) is 63.2 Å². The zero-order valence-corrected chi connectivity index (χ0v) is 13.3. The number of piperidine rings is 1. The molecule has 5 nitrogen and oxygen atoms in total. The maximum atomic E-state index is 12.3. The van der Waals surface area contributed by atoms with E-state index < -0.39 is 0 Å². The van der Waals surface area contributed by atoms with Gasteiger partial charge in [0.25, 0.3) is 5.91 Å². The molecule has 1 saturated heterocycles. The molecule has 1 aliphatic rings. The van der Waals surface area contributed by atoms with Gasteiger partial charge in [-0.25, -0.2) is 4.98 Å². The number of hydrogen-bond donors (Lipinski definition) is 2. The number of benzene rings is 1. The summed E-state index contributed by atoms with van der Waals surface area (Å²) in [7, 11) is 1.64. The van der Waals surface area contributed by atoms with E-state index in [-0.39, 0.29) is 11.9 Å². The third-order valence-electron chi connectivity index (χ3n) is 3.70. The first kappa shape index (κ1) is 15.0. The Kier molecular flexibility index (Phi) is 4.70. The predicted octanol–water partition coefficient (Wildman–Crippen LogP) is 2.30. The highest BCUT2D eigenvalue weighted by molar-refractivity contribution is 7.16. The number of carbonyl (C=O) groups excluding carboxylic acids is 1. The van der Waals surface area contributed by atoms with Crippen molar-refractivity contribution in [1.29, 1.82) is 0 Å². The third-order valence-corrected chi connectivity index (χ3v) is 4.74. The molecule has 1 fully saturated rings. The minimum Gasteiger partial charge on any atom is -0.497 e. The molecular formula is C16H19N3O2S. The van der Waals surface area contributed by atoms with Crippen LogP contribution >= 0.6 is 11.3 Å². The summed E-state index contributed by atoms with van der Waals surface area (Å²) in [5.41, 5.74) is 0.990. The van der Waals surface area contributed by atoms with Crippen molar-refractivity contribution in [2.75, 3.05) is 20.2 Å². The van der Waals surface area contributed by atoms with Crippen molar-refractivity contribution >= 4 is 17.2 Å². The van der Waals surface area contributed by atoms with E-state index in [2.05, 4.69) is 15.6 Å². The molecule has 0 spiro atoms. The molecule has 2 N–H and O–H groups in total. The van der Waals surface area contributed by atoms with Crippen molar-refractivity contribution in [2.24, 2.45) is 0 Å². The summed E-state index contributed by atoms with van der Waals surface area (Å²) in [5.74, 6) is 0.772. The lowest BCUT2D eigenvalue weighted by atomic mass is 10.1. The van der Waals surface area contributed by atoms with Crippen LogP contribution in [0.25, 0.3) is 10.6 Å². The van der Waals surface area contributed by atoms with Crippen molar-refractivity contribution < 1.29 is 9.53 Å². The highest BCUT2D eigenvalue weighted by atomic mass is 32.1. The Hall–Kier alpha value is -1.92. The average molecular weight is 317 g/mol. The molecule has 1 aromatic carbocycles. The van der Waals surface area contributed by atoms with Crippen LogP contribution < -0.4 is 15.4 Å². The fourth-order valence-electron chi connectivity index (χ4n) is 2.48. The molecule has 2 heterocycles. The summed E-state index contributed by atoms with van der Waals surface area (Å²) in [6, 6.07) is 7.90. The summed E-state index contributed by atoms with van der Waals surface area (Å²) >= 11 is 1.41. The molecule has 0 aliphatic carbocycles. The van der Waals surface area contributed by atoms with Gasteiger partial charge in [0.15, 0.2) is 0 Å². The second-order valence-corrected chi connectivity index (χ2v) is 6.31. The number of carbonyl (C=O) groups is 1. The monoisotopic (exact) mass is 317 g/mol. The van der Waals surface area contributed by atoms with Gasteiger partial charge >= 0.3 is 0 Å². The van der Waals surface area contributed by atoms with Crippen molar-refractivity contribution in [3.63, 3.8) is 0 Å². The molecule has 2 aromatic rings. The normalized spacial score (nSPS) is 18.0. The summed E-state index contributed by atoms with van der Waals surface area (Å²) in [6.45, 7) is 1.88. The molecule has 1 aliphatic heterocycles. The molecule has 22 heavy (non-hydrogen) atoms. The van der Waals surface area contributed by atoms with Gasteiger partial charge in [-0.2, -0.15) is 0 Å².